The number of hydrogen-bond acceptors (Lipinski definition) is 4. The third kappa shape index (κ3) is 4.99. The molecule has 1 aliphatic rings. The molecule has 1 aromatic heterocycles. The fraction of sp³-hybridized carbons (Fsp3) is 0.292. The number of benzene rings is 2. The highest BCUT2D eigenvalue weighted by atomic mass is 35.5. The zero-order valence-corrected chi connectivity index (χ0v) is 18.5. The van der Waals surface area contributed by atoms with Crippen molar-refractivity contribution >= 4 is 23.3 Å². The molecule has 0 radical (unpaired) electrons. The van der Waals surface area contributed by atoms with Gasteiger partial charge in [0.05, 0.1) is 5.69 Å². The first-order chi connectivity index (χ1) is 15.4. The second-order valence-corrected chi connectivity index (χ2v) is 8.39. The minimum atomic E-state index is -0.313. The number of piperidine rings is 1. The first-order valence-corrected chi connectivity index (χ1v) is 10.9. The van der Waals surface area contributed by atoms with Crippen molar-refractivity contribution in [1.82, 2.24) is 15.1 Å². The number of rotatable bonds is 5. The molecule has 8 heteroatoms. The van der Waals surface area contributed by atoms with Gasteiger partial charge in [0.25, 0.3) is 5.56 Å². The molecule has 0 spiro atoms. The third-order valence-electron chi connectivity index (χ3n) is 5.73. The van der Waals surface area contributed by atoms with E-state index in [0.29, 0.717) is 49.0 Å². The Hall–Kier alpha value is -3.19. The minimum Gasteiger partial charge on any atom is -0.355 e. The zero-order valence-electron chi connectivity index (χ0n) is 17.7. The fourth-order valence-corrected chi connectivity index (χ4v) is 3.99. The maximum absolute atomic E-state index is 13.3. The third-order valence-corrected chi connectivity index (χ3v) is 6.14. The van der Waals surface area contributed by atoms with Gasteiger partial charge >= 0.3 is 0 Å². The van der Waals surface area contributed by atoms with Crippen molar-refractivity contribution in [3.63, 3.8) is 0 Å². The van der Waals surface area contributed by atoms with Gasteiger partial charge < -0.3 is 10.2 Å². The Morgan fingerprint density at radius 3 is 2.66 bits per heavy atom. The van der Waals surface area contributed by atoms with Gasteiger partial charge in [0.2, 0.25) is 5.91 Å². The van der Waals surface area contributed by atoms with Crippen LogP contribution in [0.3, 0.4) is 0 Å². The Bertz CT molecular complexity index is 1190. The Balaban J connectivity index is 1.39. The molecule has 32 heavy (non-hydrogen) atoms. The molecule has 3 aromatic rings. The van der Waals surface area contributed by atoms with Crippen molar-refractivity contribution in [3.8, 4) is 5.69 Å². The molecule has 166 valence electrons. The number of nitrogens with zero attached hydrogens (tertiary/aromatic N) is 3. The molecule has 2 aromatic carbocycles. The highest BCUT2D eigenvalue weighted by molar-refractivity contribution is 6.31. The minimum absolute atomic E-state index is 0.0267. The van der Waals surface area contributed by atoms with Gasteiger partial charge in [-0.05, 0) is 61.2 Å². The van der Waals surface area contributed by atoms with Gasteiger partial charge in [-0.15, -0.1) is 5.10 Å². The average Bonchev–Trinajstić information content (AvgIpc) is 2.80. The van der Waals surface area contributed by atoms with Crippen molar-refractivity contribution < 1.29 is 9.18 Å². The lowest BCUT2D eigenvalue weighted by Crippen LogP contribution is -2.41. The van der Waals surface area contributed by atoms with E-state index < -0.39 is 0 Å². The molecular weight excluding hydrogens is 431 g/mol. The summed E-state index contributed by atoms with van der Waals surface area (Å²) in [5.41, 5.74) is 2.04. The first kappa shape index (κ1) is 22.0. The smallest absolute Gasteiger partial charge is 0.271 e. The van der Waals surface area contributed by atoms with E-state index in [1.165, 1.54) is 22.9 Å². The van der Waals surface area contributed by atoms with E-state index in [0.717, 1.165) is 11.1 Å². The van der Waals surface area contributed by atoms with Crippen molar-refractivity contribution in [1.29, 1.82) is 0 Å². The number of carbonyl (C=O) groups excluding carboxylic acids is 1. The van der Waals surface area contributed by atoms with Crippen LogP contribution >= 0.6 is 11.6 Å². The highest BCUT2D eigenvalue weighted by Crippen LogP contribution is 2.23. The summed E-state index contributed by atoms with van der Waals surface area (Å²) in [5, 5.41) is 8.00. The van der Waals surface area contributed by atoms with Crippen LogP contribution in [-0.2, 0) is 11.3 Å². The highest BCUT2D eigenvalue weighted by Gasteiger charge is 2.26. The van der Waals surface area contributed by atoms with Crippen LogP contribution in [0.25, 0.3) is 5.69 Å². The normalized spacial score (nSPS) is 14.4. The number of hydrogen-bond donors (Lipinski definition) is 1. The summed E-state index contributed by atoms with van der Waals surface area (Å²) in [6.45, 7) is 3.51. The van der Waals surface area contributed by atoms with Gasteiger partial charge in [-0.1, -0.05) is 29.8 Å². The van der Waals surface area contributed by atoms with E-state index >= 15 is 0 Å². The Kier molecular flexibility index (Phi) is 6.55. The second kappa shape index (κ2) is 9.53. The van der Waals surface area contributed by atoms with Crippen LogP contribution in [0.2, 0.25) is 5.02 Å². The quantitative estimate of drug-likeness (QED) is 0.635. The first-order valence-electron chi connectivity index (χ1n) is 10.5. The summed E-state index contributed by atoms with van der Waals surface area (Å²) in [6, 6.07) is 14.8. The number of nitrogens with one attached hydrogen (secondary N) is 1. The second-order valence-electron chi connectivity index (χ2n) is 7.98. The van der Waals surface area contributed by atoms with Crippen molar-refractivity contribution in [2.45, 2.75) is 26.3 Å². The van der Waals surface area contributed by atoms with Crippen LogP contribution in [0.1, 0.15) is 24.0 Å². The fourth-order valence-electron chi connectivity index (χ4n) is 3.82. The van der Waals surface area contributed by atoms with E-state index in [-0.39, 0.29) is 23.2 Å². The molecule has 4 rings (SSSR count). The lowest BCUT2D eigenvalue weighted by Gasteiger charge is -2.32. The van der Waals surface area contributed by atoms with Crippen LogP contribution in [0.15, 0.2) is 59.4 Å². The van der Waals surface area contributed by atoms with Gasteiger partial charge in [-0.2, -0.15) is 4.68 Å². The van der Waals surface area contributed by atoms with E-state index in [1.807, 2.05) is 19.1 Å². The van der Waals surface area contributed by atoms with E-state index in [2.05, 4.69) is 15.3 Å². The molecule has 1 fully saturated rings. The zero-order chi connectivity index (χ0) is 22.7. The van der Waals surface area contributed by atoms with Gasteiger partial charge in [-0.3, -0.25) is 9.59 Å². The summed E-state index contributed by atoms with van der Waals surface area (Å²) >= 11 is 6.21. The van der Waals surface area contributed by atoms with Gasteiger partial charge in [0, 0.05) is 36.6 Å². The predicted octanol–water partition coefficient (Wildman–Crippen LogP) is 3.87. The SMILES string of the molecule is Cc1ccc(-n2nc(N3CCC(C(=O)NCc4cccc(F)c4)CC3)ccc2=O)cc1Cl. The maximum Gasteiger partial charge on any atom is 0.271 e. The average molecular weight is 455 g/mol. The number of aromatic nitrogens is 2. The van der Waals surface area contributed by atoms with Crippen LogP contribution in [0.5, 0.6) is 0 Å². The standard InChI is InChI=1S/C24H24ClFN4O2/c1-16-5-6-20(14-21(16)25)30-23(31)8-7-22(28-30)29-11-9-18(10-12-29)24(32)27-15-17-3-2-4-19(26)13-17/h2-8,13-14,18H,9-12,15H2,1H3,(H,27,32). The number of halogens is 2. The van der Waals surface area contributed by atoms with Gasteiger partial charge in [0.15, 0.2) is 0 Å². The molecule has 1 amide bonds. The van der Waals surface area contributed by atoms with Crippen molar-refractivity contribution in [2.75, 3.05) is 18.0 Å². The summed E-state index contributed by atoms with van der Waals surface area (Å²) in [4.78, 5) is 27.0. The van der Waals surface area contributed by atoms with Crippen molar-refractivity contribution in [2.24, 2.45) is 5.92 Å². The summed E-state index contributed by atoms with van der Waals surface area (Å²) in [5.74, 6) is 0.231. The van der Waals surface area contributed by atoms with E-state index in [4.69, 9.17) is 11.6 Å². The number of anilines is 1. The van der Waals surface area contributed by atoms with Crippen LogP contribution < -0.4 is 15.8 Å². The van der Waals surface area contributed by atoms with E-state index in [1.54, 1.807) is 24.3 Å². The summed E-state index contributed by atoms with van der Waals surface area (Å²) in [7, 11) is 0. The van der Waals surface area contributed by atoms with Crippen LogP contribution in [0, 0.1) is 18.7 Å². The lowest BCUT2D eigenvalue weighted by molar-refractivity contribution is -0.125. The Morgan fingerprint density at radius 2 is 1.94 bits per heavy atom. The largest absolute Gasteiger partial charge is 0.355 e. The number of amides is 1. The Morgan fingerprint density at radius 1 is 1.16 bits per heavy atom. The number of aryl methyl sites for hydroxylation is 1. The maximum atomic E-state index is 13.3. The topological polar surface area (TPSA) is 67.2 Å². The van der Waals surface area contributed by atoms with Crippen LogP contribution in [0.4, 0.5) is 10.2 Å². The molecule has 1 saturated heterocycles. The molecule has 1 aliphatic heterocycles. The van der Waals surface area contributed by atoms with Gasteiger partial charge in [0.1, 0.15) is 11.6 Å². The monoisotopic (exact) mass is 454 g/mol. The lowest BCUT2D eigenvalue weighted by atomic mass is 9.96. The van der Waals surface area contributed by atoms with Crippen molar-refractivity contribution in [3.05, 3.63) is 86.9 Å². The molecule has 0 bridgehead atoms. The summed E-state index contributed by atoms with van der Waals surface area (Å²) in [6.07, 6.45) is 1.35. The molecule has 1 N–H and O–H groups in total. The Labute approximate surface area is 190 Å². The van der Waals surface area contributed by atoms with E-state index in [9.17, 15) is 14.0 Å². The molecule has 2 heterocycles. The molecule has 0 aliphatic carbocycles. The summed E-state index contributed by atoms with van der Waals surface area (Å²) < 4.78 is 14.6. The molecule has 0 unspecified atom stereocenters. The molecule has 0 atom stereocenters. The van der Waals surface area contributed by atoms with Crippen LogP contribution in [-0.4, -0.2) is 28.8 Å². The molecule has 6 nitrogen and oxygen atoms in total. The molecular formula is C24H24ClFN4O2. The number of carbonyl (C=O) groups is 1. The van der Waals surface area contributed by atoms with Gasteiger partial charge in [-0.25, -0.2) is 4.39 Å². The predicted molar refractivity (Wildman–Crippen MR) is 123 cm³/mol. The molecule has 0 saturated carbocycles.